The van der Waals surface area contributed by atoms with Crippen LogP contribution in [0.4, 0.5) is 0 Å². The van der Waals surface area contributed by atoms with E-state index in [-0.39, 0.29) is 5.78 Å². The van der Waals surface area contributed by atoms with Gasteiger partial charge in [-0.2, -0.15) is 0 Å². The molecule has 0 N–H and O–H groups in total. The van der Waals surface area contributed by atoms with Crippen molar-refractivity contribution in [1.29, 1.82) is 0 Å². The first-order valence-corrected chi connectivity index (χ1v) is 6.76. The average molecular weight is 298 g/mol. The number of benzene rings is 2. The van der Waals surface area contributed by atoms with Gasteiger partial charge >= 0.3 is 0 Å². The van der Waals surface area contributed by atoms with Crippen LogP contribution in [-0.2, 0) is 0 Å². The van der Waals surface area contributed by atoms with E-state index in [2.05, 4.69) is 0 Å². The Hall–Kier alpha value is -2.75. The van der Waals surface area contributed by atoms with Crippen molar-refractivity contribution in [3.05, 3.63) is 59.7 Å². The highest BCUT2D eigenvalue weighted by molar-refractivity contribution is 6.07. The van der Waals surface area contributed by atoms with Crippen molar-refractivity contribution >= 4 is 11.9 Å². The monoisotopic (exact) mass is 298 g/mol. The number of hydrogen-bond acceptors (Lipinski definition) is 4. The molecule has 0 unspecified atom stereocenters. The third kappa shape index (κ3) is 3.67. The lowest BCUT2D eigenvalue weighted by Gasteiger charge is -2.06. The van der Waals surface area contributed by atoms with Gasteiger partial charge in [-0.1, -0.05) is 18.2 Å². The van der Waals surface area contributed by atoms with Gasteiger partial charge in [-0.25, -0.2) is 0 Å². The summed E-state index contributed by atoms with van der Waals surface area (Å²) < 4.78 is 15.6. The maximum absolute atomic E-state index is 12.3. The number of carbonyl (C=O) groups is 1. The summed E-state index contributed by atoms with van der Waals surface area (Å²) >= 11 is 0. The molecule has 0 heterocycles. The predicted octanol–water partition coefficient (Wildman–Crippen LogP) is 3.61. The van der Waals surface area contributed by atoms with E-state index in [0.717, 1.165) is 11.3 Å². The molecule has 0 aliphatic rings. The molecule has 0 atom stereocenters. The lowest BCUT2D eigenvalue weighted by molar-refractivity contribution is 0.104. The van der Waals surface area contributed by atoms with Crippen LogP contribution in [0.5, 0.6) is 17.2 Å². The van der Waals surface area contributed by atoms with E-state index in [0.29, 0.717) is 17.1 Å². The van der Waals surface area contributed by atoms with Gasteiger partial charge in [0, 0.05) is 17.2 Å². The van der Waals surface area contributed by atoms with E-state index in [9.17, 15) is 4.79 Å². The minimum atomic E-state index is -0.136. The number of rotatable bonds is 6. The van der Waals surface area contributed by atoms with Gasteiger partial charge in [0.25, 0.3) is 0 Å². The molecule has 2 rings (SSSR count). The molecule has 0 bridgehead atoms. The summed E-state index contributed by atoms with van der Waals surface area (Å²) in [6.07, 6.45) is 3.24. The zero-order chi connectivity index (χ0) is 15.9. The second kappa shape index (κ2) is 7.31. The highest BCUT2D eigenvalue weighted by atomic mass is 16.5. The molecule has 0 aromatic heterocycles. The second-order valence-corrected chi connectivity index (χ2v) is 4.54. The fraction of sp³-hybridized carbons (Fsp3) is 0.167. The van der Waals surface area contributed by atoms with Gasteiger partial charge < -0.3 is 14.2 Å². The number of para-hydroxylation sites is 1. The first-order chi connectivity index (χ1) is 10.7. The zero-order valence-corrected chi connectivity index (χ0v) is 12.8. The molecular formula is C18H18O4. The Bertz CT molecular complexity index is 667. The lowest BCUT2D eigenvalue weighted by atomic mass is 10.1. The minimum absolute atomic E-state index is 0.136. The number of ketones is 1. The molecule has 2 aromatic carbocycles. The first kappa shape index (κ1) is 15.6. The van der Waals surface area contributed by atoms with Crippen molar-refractivity contribution in [2.24, 2.45) is 0 Å². The summed E-state index contributed by atoms with van der Waals surface area (Å²) in [5, 5.41) is 0. The topological polar surface area (TPSA) is 44.8 Å². The Morgan fingerprint density at radius 2 is 1.55 bits per heavy atom. The number of allylic oxidation sites excluding steroid dienone is 1. The molecule has 4 nitrogen and oxygen atoms in total. The van der Waals surface area contributed by atoms with Crippen LogP contribution >= 0.6 is 0 Å². The molecular weight excluding hydrogens is 280 g/mol. The van der Waals surface area contributed by atoms with Crippen LogP contribution in [0.3, 0.4) is 0 Å². The summed E-state index contributed by atoms with van der Waals surface area (Å²) in [5.41, 5.74) is 1.34. The van der Waals surface area contributed by atoms with Crippen LogP contribution in [0.25, 0.3) is 6.08 Å². The minimum Gasteiger partial charge on any atom is -0.497 e. The van der Waals surface area contributed by atoms with Crippen molar-refractivity contribution in [1.82, 2.24) is 0 Å². The molecule has 114 valence electrons. The Balaban J connectivity index is 2.27. The normalized spacial score (nSPS) is 10.5. The number of methoxy groups -OCH3 is 3. The van der Waals surface area contributed by atoms with Gasteiger partial charge in [0.15, 0.2) is 5.78 Å². The molecule has 0 saturated carbocycles. The van der Waals surface area contributed by atoms with Crippen LogP contribution in [0, 0.1) is 0 Å². The summed E-state index contributed by atoms with van der Waals surface area (Å²) in [6, 6.07) is 12.6. The van der Waals surface area contributed by atoms with Gasteiger partial charge in [-0.05, 0) is 30.4 Å². The second-order valence-electron chi connectivity index (χ2n) is 4.54. The molecule has 22 heavy (non-hydrogen) atoms. The lowest BCUT2D eigenvalue weighted by Crippen LogP contribution is -1.97. The van der Waals surface area contributed by atoms with Crippen molar-refractivity contribution in [2.45, 2.75) is 0 Å². The molecule has 0 fully saturated rings. The van der Waals surface area contributed by atoms with Gasteiger partial charge in [0.2, 0.25) is 0 Å². The average Bonchev–Trinajstić information content (AvgIpc) is 2.59. The van der Waals surface area contributed by atoms with Gasteiger partial charge in [-0.3, -0.25) is 4.79 Å². The zero-order valence-electron chi connectivity index (χ0n) is 12.8. The van der Waals surface area contributed by atoms with E-state index in [4.69, 9.17) is 14.2 Å². The van der Waals surface area contributed by atoms with E-state index < -0.39 is 0 Å². The number of hydrogen-bond donors (Lipinski definition) is 0. The molecule has 0 aliphatic heterocycles. The molecule has 0 aliphatic carbocycles. The van der Waals surface area contributed by atoms with Crippen LogP contribution in [0.1, 0.15) is 15.9 Å². The Morgan fingerprint density at radius 3 is 2.14 bits per heavy atom. The summed E-state index contributed by atoms with van der Waals surface area (Å²) in [6.45, 7) is 0. The van der Waals surface area contributed by atoms with Crippen LogP contribution in [-0.4, -0.2) is 27.1 Å². The van der Waals surface area contributed by atoms with Crippen molar-refractivity contribution in [3.8, 4) is 17.2 Å². The molecule has 4 heteroatoms. The molecule has 0 spiro atoms. The van der Waals surface area contributed by atoms with Crippen molar-refractivity contribution in [3.63, 3.8) is 0 Å². The maximum Gasteiger partial charge on any atom is 0.186 e. The predicted molar refractivity (Wildman–Crippen MR) is 85.9 cm³/mol. The first-order valence-electron chi connectivity index (χ1n) is 6.76. The Morgan fingerprint density at radius 1 is 0.909 bits per heavy atom. The molecule has 0 radical (unpaired) electrons. The van der Waals surface area contributed by atoms with Crippen LogP contribution in [0.2, 0.25) is 0 Å². The highest BCUT2D eigenvalue weighted by Gasteiger charge is 2.07. The standard InChI is InChI=1S/C18H18O4/c1-20-15-10-14(11-16(12-15)21-2)17(19)9-8-13-6-4-5-7-18(13)22-3/h4-12H,1-3H3/b9-8+. The third-order valence-electron chi connectivity index (χ3n) is 3.19. The fourth-order valence-corrected chi connectivity index (χ4v) is 2.02. The van der Waals surface area contributed by atoms with Gasteiger partial charge in [0.05, 0.1) is 21.3 Å². The molecule has 0 saturated heterocycles. The van der Waals surface area contributed by atoms with Gasteiger partial charge in [0.1, 0.15) is 17.2 Å². The van der Waals surface area contributed by atoms with E-state index >= 15 is 0 Å². The largest absolute Gasteiger partial charge is 0.497 e. The van der Waals surface area contributed by atoms with E-state index in [1.807, 2.05) is 24.3 Å². The SMILES string of the molecule is COc1cc(OC)cc(C(=O)/C=C/c2ccccc2OC)c1. The van der Waals surface area contributed by atoms with Crippen molar-refractivity contribution < 1.29 is 19.0 Å². The number of carbonyl (C=O) groups excluding carboxylic acids is 1. The Kier molecular flexibility index (Phi) is 5.20. The van der Waals surface area contributed by atoms with E-state index in [1.54, 1.807) is 45.6 Å². The third-order valence-corrected chi connectivity index (χ3v) is 3.19. The van der Waals surface area contributed by atoms with E-state index in [1.165, 1.54) is 6.08 Å². The highest BCUT2D eigenvalue weighted by Crippen LogP contribution is 2.24. The summed E-state index contributed by atoms with van der Waals surface area (Å²) in [5.74, 6) is 1.74. The summed E-state index contributed by atoms with van der Waals surface area (Å²) in [4.78, 5) is 12.3. The van der Waals surface area contributed by atoms with Crippen molar-refractivity contribution in [2.75, 3.05) is 21.3 Å². The molecule has 2 aromatic rings. The van der Waals surface area contributed by atoms with Crippen LogP contribution < -0.4 is 14.2 Å². The quantitative estimate of drug-likeness (QED) is 0.603. The molecule has 0 amide bonds. The fourth-order valence-electron chi connectivity index (χ4n) is 2.02. The van der Waals surface area contributed by atoms with Crippen LogP contribution in [0.15, 0.2) is 48.5 Å². The summed E-state index contributed by atoms with van der Waals surface area (Å²) in [7, 11) is 4.70. The maximum atomic E-state index is 12.3. The van der Waals surface area contributed by atoms with Gasteiger partial charge in [-0.15, -0.1) is 0 Å². The Labute approximate surface area is 129 Å². The number of ether oxygens (including phenoxy) is 3. The smallest absolute Gasteiger partial charge is 0.186 e.